The number of aromatic nitrogens is 3. The number of rotatable bonds is 4. The van der Waals surface area contributed by atoms with Gasteiger partial charge in [0.2, 0.25) is 5.82 Å². The predicted octanol–water partition coefficient (Wildman–Crippen LogP) is 1.21. The van der Waals surface area contributed by atoms with Crippen LogP contribution in [0, 0.1) is 5.92 Å². The molecular weight excluding hydrogens is 244 g/mol. The summed E-state index contributed by atoms with van der Waals surface area (Å²) in [5.74, 6) is 1.39. The molecule has 1 heterocycles. The van der Waals surface area contributed by atoms with Crippen molar-refractivity contribution in [3.05, 3.63) is 11.6 Å². The molecule has 1 amide bonds. The zero-order valence-electron chi connectivity index (χ0n) is 11.5. The molecule has 3 N–H and O–H groups in total. The van der Waals surface area contributed by atoms with Crippen LogP contribution in [0.4, 0.5) is 0 Å². The van der Waals surface area contributed by atoms with E-state index < -0.39 is 0 Å². The lowest BCUT2D eigenvalue weighted by Crippen LogP contribution is -2.32. The lowest BCUT2D eigenvalue weighted by molar-refractivity contribution is 0.0901. The standard InChI is InChI=1S/C13H22N4O2/c1-8(2)11-15-12(17-16-11)13(19)14-7-9-3-5-10(18)6-4-9/h8-10,18H,3-7H2,1-2H3,(H,14,19)(H,15,16,17). The Morgan fingerprint density at radius 1 is 1.42 bits per heavy atom. The molecular formula is C13H22N4O2. The van der Waals surface area contributed by atoms with Crippen LogP contribution in [0.1, 0.15) is 61.9 Å². The summed E-state index contributed by atoms with van der Waals surface area (Å²) in [4.78, 5) is 16.0. The lowest BCUT2D eigenvalue weighted by Gasteiger charge is -2.25. The summed E-state index contributed by atoms with van der Waals surface area (Å²) >= 11 is 0. The minimum absolute atomic E-state index is 0.159. The van der Waals surface area contributed by atoms with Crippen molar-refractivity contribution in [2.45, 2.75) is 51.6 Å². The third-order valence-corrected chi connectivity index (χ3v) is 3.62. The van der Waals surface area contributed by atoms with Crippen LogP contribution in [0.2, 0.25) is 0 Å². The molecule has 1 saturated carbocycles. The van der Waals surface area contributed by atoms with Gasteiger partial charge in [-0.1, -0.05) is 13.8 Å². The molecule has 0 unspecified atom stereocenters. The van der Waals surface area contributed by atoms with Gasteiger partial charge >= 0.3 is 0 Å². The summed E-state index contributed by atoms with van der Waals surface area (Å²) < 4.78 is 0. The van der Waals surface area contributed by atoms with Crippen molar-refractivity contribution in [1.29, 1.82) is 0 Å². The van der Waals surface area contributed by atoms with Gasteiger partial charge in [-0.05, 0) is 31.6 Å². The Balaban J connectivity index is 1.80. The Labute approximate surface area is 113 Å². The molecule has 1 aromatic rings. The SMILES string of the molecule is CC(C)c1nc(C(=O)NCC2CCC(O)CC2)n[nH]1. The van der Waals surface area contributed by atoms with Crippen molar-refractivity contribution >= 4 is 5.91 Å². The molecule has 0 atom stereocenters. The number of H-pyrrole nitrogens is 1. The summed E-state index contributed by atoms with van der Waals surface area (Å²) in [6.07, 6.45) is 3.44. The van der Waals surface area contributed by atoms with Crippen LogP contribution in [0.15, 0.2) is 0 Å². The van der Waals surface area contributed by atoms with Crippen LogP contribution in [-0.4, -0.2) is 38.8 Å². The Morgan fingerprint density at radius 3 is 2.68 bits per heavy atom. The third kappa shape index (κ3) is 3.76. The maximum atomic E-state index is 11.9. The Hall–Kier alpha value is -1.43. The molecule has 106 valence electrons. The zero-order valence-corrected chi connectivity index (χ0v) is 11.5. The van der Waals surface area contributed by atoms with Gasteiger partial charge < -0.3 is 10.4 Å². The molecule has 0 spiro atoms. The minimum Gasteiger partial charge on any atom is -0.393 e. The number of amides is 1. The van der Waals surface area contributed by atoms with Crippen LogP contribution in [0.3, 0.4) is 0 Å². The van der Waals surface area contributed by atoms with Gasteiger partial charge in [-0.25, -0.2) is 4.98 Å². The van der Waals surface area contributed by atoms with Gasteiger partial charge in [-0.3, -0.25) is 9.89 Å². The summed E-state index contributed by atoms with van der Waals surface area (Å²) in [7, 11) is 0. The number of nitrogens with one attached hydrogen (secondary N) is 2. The van der Waals surface area contributed by atoms with E-state index in [4.69, 9.17) is 0 Å². The largest absolute Gasteiger partial charge is 0.393 e. The molecule has 0 bridgehead atoms. The summed E-state index contributed by atoms with van der Waals surface area (Å²) in [5, 5.41) is 19.0. The maximum absolute atomic E-state index is 11.9. The molecule has 0 aliphatic heterocycles. The Kier molecular flexibility index (Phi) is 4.52. The topological polar surface area (TPSA) is 90.9 Å². The van der Waals surface area contributed by atoms with Crippen molar-refractivity contribution in [2.75, 3.05) is 6.54 Å². The third-order valence-electron chi connectivity index (χ3n) is 3.62. The average Bonchev–Trinajstić information content (AvgIpc) is 2.87. The van der Waals surface area contributed by atoms with E-state index in [9.17, 15) is 9.90 Å². The van der Waals surface area contributed by atoms with E-state index in [2.05, 4.69) is 20.5 Å². The van der Waals surface area contributed by atoms with Crippen LogP contribution in [0.5, 0.6) is 0 Å². The number of hydrogen-bond acceptors (Lipinski definition) is 4. The Bertz CT molecular complexity index is 422. The van der Waals surface area contributed by atoms with E-state index >= 15 is 0 Å². The van der Waals surface area contributed by atoms with Crippen LogP contribution in [0.25, 0.3) is 0 Å². The molecule has 0 radical (unpaired) electrons. The highest BCUT2D eigenvalue weighted by molar-refractivity contribution is 5.90. The van der Waals surface area contributed by atoms with E-state index in [1.54, 1.807) is 0 Å². The fourth-order valence-corrected chi connectivity index (χ4v) is 2.30. The van der Waals surface area contributed by atoms with E-state index in [1.807, 2.05) is 13.8 Å². The molecule has 19 heavy (non-hydrogen) atoms. The quantitative estimate of drug-likeness (QED) is 0.764. The molecule has 1 aliphatic rings. The normalized spacial score (nSPS) is 23.6. The van der Waals surface area contributed by atoms with Gasteiger partial charge in [0.1, 0.15) is 5.82 Å². The number of hydrogen-bond donors (Lipinski definition) is 3. The highest BCUT2D eigenvalue weighted by Gasteiger charge is 2.21. The second kappa shape index (κ2) is 6.14. The molecule has 2 rings (SSSR count). The van der Waals surface area contributed by atoms with Gasteiger partial charge in [-0.2, -0.15) is 0 Å². The lowest BCUT2D eigenvalue weighted by atomic mass is 9.87. The average molecular weight is 266 g/mol. The van der Waals surface area contributed by atoms with Crippen molar-refractivity contribution < 1.29 is 9.90 Å². The number of aromatic amines is 1. The smallest absolute Gasteiger partial charge is 0.290 e. The van der Waals surface area contributed by atoms with E-state index in [0.717, 1.165) is 31.5 Å². The fourth-order valence-electron chi connectivity index (χ4n) is 2.30. The minimum atomic E-state index is -0.228. The first-order chi connectivity index (χ1) is 9.06. The fraction of sp³-hybridized carbons (Fsp3) is 0.769. The summed E-state index contributed by atoms with van der Waals surface area (Å²) in [6.45, 7) is 4.63. The monoisotopic (exact) mass is 266 g/mol. The van der Waals surface area contributed by atoms with Gasteiger partial charge in [-0.15, -0.1) is 5.10 Å². The van der Waals surface area contributed by atoms with E-state index in [1.165, 1.54) is 0 Å². The van der Waals surface area contributed by atoms with Gasteiger partial charge in [0.25, 0.3) is 5.91 Å². The molecule has 1 aliphatic carbocycles. The van der Waals surface area contributed by atoms with Gasteiger partial charge in [0.15, 0.2) is 0 Å². The zero-order chi connectivity index (χ0) is 13.8. The molecule has 0 saturated heterocycles. The van der Waals surface area contributed by atoms with Gasteiger partial charge in [0.05, 0.1) is 6.10 Å². The van der Waals surface area contributed by atoms with Crippen LogP contribution in [-0.2, 0) is 0 Å². The highest BCUT2D eigenvalue weighted by Crippen LogP contribution is 2.23. The first-order valence-electron chi connectivity index (χ1n) is 6.94. The number of aliphatic hydroxyl groups is 1. The molecule has 0 aromatic carbocycles. The molecule has 1 fully saturated rings. The second-order valence-corrected chi connectivity index (χ2v) is 5.58. The number of carbonyl (C=O) groups excluding carboxylic acids is 1. The van der Waals surface area contributed by atoms with Crippen LogP contribution < -0.4 is 5.32 Å². The van der Waals surface area contributed by atoms with Gasteiger partial charge in [0, 0.05) is 12.5 Å². The summed E-state index contributed by atoms with van der Waals surface area (Å²) in [5.41, 5.74) is 0. The number of nitrogens with zero attached hydrogens (tertiary/aromatic N) is 2. The number of carbonyl (C=O) groups is 1. The van der Waals surface area contributed by atoms with Crippen molar-refractivity contribution in [3.63, 3.8) is 0 Å². The van der Waals surface area contributed by atoms with Crippen molar-refractivity contribution in [3.8, 4) is 0 Å². The highest BCUT2D eigenvalue weighted by atomic mass is 16.3. The first-order valence-corrected chi connectivity index (χ1v) is 6.94. The number of aliphatic hydroxyl groups excluding tert-OH is 1. The molecule has 6 heteroatoms. The second-order valence-electron chi connectivity index (χ2n) is 5.58. The molecule has 6 nitrogen and oxygen atoms in total. The maximum Gasteiger partial charge on any atom is 0.290 e. The Morgan fingerprint density at radius 2 is 2.11 bits per heavy atom. The van der Waals surface area contributed by atoms with E-state index in [-0.39, 0.29) is 23.8 Å². The van der Waals surface area contributed by atoms with Crippen LogP contribution >= 0.6 is 0 Å². The summed E-state index contributed by atoms with van der Waals surface area (Å²) in [6, 6.07) is 0. The van der Waals surface area contributed by atoms with Crippen molar-refractivity contribution in [2.24, 2.45) is 5.92 Å². The predicted molar refractivity (Wildman–Crippen MR) is 70.8 cm³/mol. The molecule has 1 aromatic heterocycles. The first kappa shape index (κ1) is 14.0. The van der Waals surface area contributed by atoms with Crippen molar-refractivity contribution in [1.82, 2.24) is 20.5 Å². The van der Waals surface area contributed by atoms with E-state index in [0.29, 0.717) is 12.5 Å².